The number of halogens is 2. The predicted molar refractivity (Wildman–Crippen MR) is 243 cm³/mol. The first-order chi connectivity index (χ1) is 30.1. The maximum atomic E-state index is 15.8. The molecular weight excluding hydrogens is 819 g/mol. The van der Waals surface area contributed by atoms with E-state index in [1.54, 1.807) is 12.1 Å². The van der Waals surface area contributed by atoms with Crippen LogP contribution < -0.4 is 20.1 Å². The molecule has 0 aromatic heterocycles. The molecule has 64 heavy (non-hydrogen) atoms. The van der Waals surface area contributed by atoms with Crippen molar-refractivity contribution in [2.24, 2.45) is 11.8 Å². The highest BCUT2D eigenvalue weighted by molar-refractivity contribution is 5.73. The van der Waals surface area contributed by atoms with Crippen LogP contribution in [0.25, 0.3) is 0 Å². The molecule has 2 fully saturated rings. The van der Waals surface area contributed by atoms with E-state index < -0.39 is 46.2 Å². The lowest BCUT2D eigenvalue weighted by molar-refractivity contribution is -0.135. The minimum atomic E-state index is -0.646. The molecule has 0 heterocycles. The molecule has 6 rings (SSSR count). The van der Waals surface area contributed by atoms with Gasteiger partial charge >= 0.3 is 24.1 Å². The van der Waals surface area contributed by atoms with E-state index in [4.69, 9.17) is 18.9 Å². The third kappa shape index (κ3) is 12.4. The van der Waals surface area contributed by atoms with Gasteiger partial charge in [0.15, 0.2) is 0 Å². The van der Waals surface area contributed by atoms with E-state index in [-0.39, 0.29) is 59.9 Å². The standard InChI is InChI=1S/C52H74F2N2O8/c1-49(2,3)63-47(59)55-45-33-21-15-13-19-25-51(45,7)39-29-35(31-41(53)37(39)27-33)61-43(57)23-17-11-9-10-12-18-24-44(58)62-36-30-40-38(42(54)32-36)28-34-22-16-14-20-26-52(40,8)46(34)56-48(60)64-50(4,5)6/h29-34,45-46H,9-28H2,1-8H3,(H,55,59)(H,56,60). The molecule has 2 amide bonds. The Morgan fingerprint density at radius 1 is 0.578 bits per heavy atom. The molecule has 0 saturated heterocycles. The molecule has 354 valence electrons. The van der Waals surface area contributed by atoms with Crippen LogP contribution in [0, 0.1) is 23.5 Å². The molecule has 2 saturated carbocycles. The monoisotopic (exact) mass is 893 g/mol. The van der Waals surface area contributed by atoms with Crippen molar-refractivity contribution >= 4 is 24.1 Å². The van der Waals surface area contributed by atoms with Crippen molar-refractivity contribution in [2.75, 3.05) is 0 Å². The van der Waals surface area contributed by atoms with E-state index in [0.29, 0.717) is 36.8 Å². The Hall–Kier alpha value is -4.22. The van der Waals surface area contributed by atoms with Crippen LogP contribution in [0.2, 0.25) is 0 Å². The highest BCUT2D eigenvalue weighted by Gasteiger charge is 2.49. The molecule has 12 heteroatoms. The minimum Gasteiger partial charge on any atom is -0.444 e. The lowest BCUT2D eigenvalue weighted by atomic mass is 9.59. The lowest BCUT2D eigenvalue weighted by Crippen LogP contribution is -2.57. The first kappa shape index (κ1) is 49.2. The zero-order chi connectivity index (χ0) is 46.5. The average Bonchev–Trinajstić information content (AvgIpc) is 3.17. The number of amides is 2. The van der Waals surface area contributed by atoms with E-state index in [1.807, 2.05) is 41.5 Å². The van der Waals surface area contributed by atoms with Gasteiger partial charge in [0, 0.05) is 47.9 Å². The summed E-state index contributed by atoms with van der Waals surface area (Å²) in [6.07, 6.45) is 14.4. The van der Waals surface area contributed by atoms with Gasteiger partial charge < -0.3 is 29.6 Å². The zero-order valence-electron chi connectivity index (χ0n) is 39.8. The van der Waals surface area contributed by atoms with Crippen molar-refractivity contribution in [2.45, 2.75) is 218 Å². The fraction of sp³-hybridized carbons (Fsp3) is 0.692. The van der Waals surface area contributed by atoms with Crippen LogP contribution in [0.15, 0.2) is 24.3 Å². The van der Waals surface area contributed by atoms with Gasteiger partial charge in [-0.1, -0.05) is 78.1 Å². The number of hydrogen-bond donors (Lipinski definition) is 2. The summed E-state index contributed by atoms with van der Waals surface area (Å²) >= 11 is 0. The van der Waals surface area contributed by atoms with Crippen molar-refractivity contribution in [1.82, 2.24) is 10.6 Å². The third-order valence-corrected chi connectivity index (χ3v) is 14.2. The van der Waals surface area contributed by atoms with Crippen LogP contribution in [0.4, 0.5) is 18.4 Å². The molecule has 2 N–H and O–H groups in total. The first-order valence-electron chi connectivity index (χ1n) is 24.2. The van der Waals surface area contributed by atoms with Crippen LogP contribution >= 0.6 is 0 Å². The molecule has 4 aliphatic carbocycles. The SMILES string of the molecule is CC(C)(C)OC(=O)NC1C2CCCCCC1(C)c1cc(OC(=O)CCCCCCCCC(=O)Oc3cc(F)c4c(c3)C3(C)CCCCCC(C4)C3NC(=O)OC(C)(C)C)cc(F)c1C2. The van der Waals surface area contributed by atoms with Gasteiger partial charge in [-0.2, -0.15) is 0 Å². The Balaban J connectivity index is 0.958. The van der Waals surface area contributed by atoms with E-state index in [2.05, 4.69) is 24.5 Å². The predicted octanol–water partition coefficient (Wildman–Crippen LogP) is 12.2. The summed E-state index contributed by atoms with van der Waals surface area (Å²) in [5.41, 5.74) is 0.459. The van der Waals surface area contributed by atoms with Crippen molar-refractivity contribution in [3.05, 3.63) is 58.2 Å². The summed E-state index contributed by atoms with van der Waals surface area (Å²) in [5.74, 6) is -1.08. The Kier molecular flexibility index (Phi) is 15.8. The topological polar surface area (TPSA) is 129 Å². The normalized spacial score (nSPS) is 25.5. The van der Waals surface area contributed by atoms with Crippen LogP contribution in [-0.4, -0.2) is 47.4 Å². The van der Waals surface area contributed by atoms with E-state index in [9.17, 15) is 19.2 Å². The smallest absolute Gasteiger partial charge is 0.407 e. The average molecular weight is 893 g/mol. The Morgan fingerprint density at radius 3 is 1.33 bits per heavy atom. The molecule has 6 atom stereocenters. The third-order valence-electron chi connectivity index (χ3n) is 14.2. The molecule has 0 spiro atoms. The second-order valence-corrected chi connectivity index (χ2v) is 21.6. The molecule has 2 aromatic rings. The van der Waals surface area contributed by atoms with Crippen LogP contribution in [-0.2, 0) is 42.7 Å². The van der Waals surface area contributed by atoms with Gasteiger partial charge in [0.2, 0.25) is 0 Å². The van der Waals surface area contributed by atoms with Gasteiger partial charge in [-0.05, 0) is 139 Å². The maximum absolute atomic E-state index is 15.8. The second-order valence-electron chi connectivity index (χ2n) is 21.6. The summed E-state index contributed by atoms with van der Waals surface area (Å²) < 4.78 is 54.3. The number of benzene rings is 2. The zero-order valence-corrected chi connectivity index (χ0v) is 39.8. The molecule has 4 aliphatic rings. The number of carbonyl (C=O) groups is 4. The molecule has 0 radical (unpaired) electrons. The Labute approximate surface area is 380 Å². The molecule has 0 aliphatic heterocycles. The van der Waals surface area contributed by atoms with Crippen molar-refractivity contribution in [3.8, 4) is 11.5 Å². The fourth-order valence-electron chi connectivity index (χ4n) is 11.2. The van der Waals surface area contributed by atoms with E-state index in [0.717, 1.165) is 101 Å². The number of alkyl carbamates (subject to hydrolysis) is 2. The number of nitrogens with one attached hydrogen (secondary N) is 2. The number of esters is 2. The Morgan fingerprint density at radius 2 is 0.953 bits per heavy atom. The van der Waals surface area contributed by atoms with Crippen molar-refractivity contribution in [3.63, 3.8) is 0 Å². The maximum Gasteiger partial charge on any atom is 0.407 e. The molecule has 4 bridgehead atoms. The summed E-state index contributed by atoms with van der Waals surface area (Å²) in [5, 5.41) is 6.33. The first-order valence-corrected chi connectivity index (χ1v) is 24.2. The van der Waals surface area contributed by atoms with E-state index >= 15 is 8.78 Å². The second kappa shape index (κ2) is 20.5. The number of hydrogen-bond acceptors (Lipinski definition) is 8. The molecular formula is C52H74F2N2O8. The number of fused-ring (bicyclic) bond motifs is 8. The molecule has 6 unspecified atom stereocenters. The lowest BCUT2D eigenvalue weighted by Gasteiger charge is -2.49. The molecule has 10 nitrogen and oxygen atoms in total. The van der Waals surface area contributed by atoms with Gasteiger partial charge in [0.1, 0.15) is 34.3 Å². The number of unbranched alkanes of at least 4 members (excludes halogenated alkanes) is 5. The van der Waals surface area contributed by atoms with Crippen molar-refractivity contribution in [1.29, 1.82) is 0 Å². The van der Waals surface area contributed by atoms with Crippen LogP contribution in [0.1, 0.15) is 193 Å². The van der Waals surface area contributed by atoms with Crippen LogP contribution in [0.5, 0.6) is 11.5 Å². The summed E-state index contributed by atoms with van der Waals surface area (Å²) in [4.78, 5) is 52.0. The summed E-state index contributed by atoms with van der Waals surface area (Å²) in [7, 11) is 0. The van der Waals surface area contributed by atoms with Gasteiger partial charge in [0.05, 0.1) is 0 Å². The van der Waals surface area contributed by atoms with Gasteiger partial charge in [-0.25, -0.2) is 18.4 Å². The number of rotatable bonds is 13. The summed E-state index contributed by atoms with van der Waals surface area (Å²) in [6.45, 7) is 15.2. The van der Waals surface area contributed by atoms with Crippen LogP contribution in [0.3, 0.4) is 0 Å². The highest BCUT2D eigenvalue weighted by atomic mass is 19.1. The minimum absolute atomic E-state index is 0.0675. The van der Waals surface area contributed by atoms with Crippen molar-refractivity contribution < 1.29 is 46.9 Å². The number of carbonyl (C=O) groups excluding carboxylic acids is 4. The van der Waals surface area contributed by atoms with Gasteiger partial charge in [-0.15, -0.1) is 0 Å². The molecule has 2 aromatic carbocycles. The highest BCUT2D eigenvalue weighted by Crippen LogP contribution is 2.50. The fourth-order valence-corrected chi connectivity index (χ4v) is 11.2. The summed E-state index contributed by atoms with van der Waals surface area (Å²) in [6, 6.07) is 5.77. The quantitative estimate of drug-likeness (QED) is 0.116. The van der Waals surface area contributed by atoms with Gasteiger partial charge in [-0.3, -0.25) is 9.59 Å². The largest absolute Gasteiger partial charge is 0.444 e. The van der Waals surface area contributed by atoms with E-state index in [1.165, 1.54) is 12.1 Å². The number of ether oxygens (including phenoxy) is 4. The van der Waals surface area contributed by atoms with Gasteiger partial charge in [0.25, 0.3) is 0 Å². The Bertz CT molecular complexity index is 1870.